The Morgan fingerprint density at radius 2 is 1.83 bits per heavy atom. The van der Waals surface area contributed by atoms with Gasteiger partial charge in [-0.15, -0.1) is 0 Å². The molecule has 0 aromatic heterocycles. The lowest BCUT2D eigenvalue weighted by Crippen LogP contribution is -2.50. The van der Waals surface area contributed by atoms with Gasteiger partial charge >= 0.3 is 11.9 Å². The van der Waals surface area contributed by atoms with Gasteiger partial charge in [0.25, 0.3) is 0 Å². The summed E-state index contributed by atoms with van der Waals surface area (Å²) in [5.41, 5.74) is -1.67. The number of esters is 2. The van der Waals surface area contributed by atoms with Gasteiger partial charge in [-0.2, -0.15) is 0 Å². The number of aliphatic hydroxyl groups is 1. The monoisotopic (exact) mass is 261 g/mol. The number of carbonyl (C=O) groups is 2. The zero-order chi connectivity index (χ0) is 14.3. The van der Waals surface area contributed by atoms with Crippen molar-refractivity contribution < 1.29 is 24.2 Å². The summed E-state index contributed by atoms with van der Waals surface area (Å²) in [4.78, 5) is 22.8. The fourth-order valence-electron chi connectivity index (χ4n) is 1.49. The molecule has 2 N–H and O–H groups in total. The maximum atomic E-state index is 11.5. The minimum atomic E-state index is -1.67. The standard InChI is InChI=1S/C12H23NO5/c1-8(2)6-9(10(14)17-4)13-7-12(3,16)11(15)18-5/h8-9,13,16H,6-7H2,1-5H3. The number of methoxy groups -OCH3 is 2. The van der Waals surface area contributed by atoms with Crippen molar-refractivity contribution in [3.05, 3.63) is 0 Å². The summed E-state index contributed by atoms with van der Waals surface area (Å²) in [6, 6.07) is -0.550. The van der Waals surface area contributed by atoms with Gasteiger partial charge in [0.05, 0.1) is 14.2 Å². The van der Waals surface area contributed by atoms with Crippen LogP contribution in [0.5, 0.6) is 0 Å². The highest BCUT2D eigenvalue weighted by Gasteiger charge is 2.33. The van der Waals surface area contributed by atoms with Crippen molar-refractivity contribution in [1.82, 2.24) is 5.32 Å². The second-order valence-corrected chi connectivity index (χ2v) is 4.85. The van der Waals surface area contributed by atoms with Crippen LogP contribution in [-0.2, 0) is 19.1 Å². The molecule has 2 atom stereocenters. The van der Waals surface area contributed by atoms with Gasteiger partial charge in [0.2, 0.25) is 0 Å². The zero-order valence-electron chi connectivity index (χ0n) is 11.6. The van der Waals surface area contributed by atoms with E-state index in [2.05, 4.69) is 14.8 Å². The third-order valence-corrected chi connectivity index (χ3v) is 2.51. The number of hydrogen-bond donors (Lipinski definition) is 2. The smallest absolute Gasteiger partial charge is 0.338 e. The zero-order valence-corrected chi connectivity index (χ0v) is 11.6. The number of carbonyl (C=O) groups excluding carboxylic acids is 2. The Labute approximate surface area is 108 Å². The molecule has 2 unspecified atom stereocenters. The first-order chi connectivity index (χ1) is 8.24. The molecule has 106 valence electrons. The maximum Gasteiger partial charge on any atom is 0.338 e. The predicted octanol–water partition coefficient (Wildman–Crippen LogP) is 0.0877. The van der Waals surface area contributed by atoms with Gasteiger partial charge in [-0.05, 0) is 19.3 Å². The van der Waals surface area contributed by atoms with Crippen molar-refractivity contribution >= 4 is 11.9 Å². The number of rotatable bonds is 7. The molecule has 0 amide bonds. The lowest BCUT2D eigenvalue weighted by molar-refractivity contribution is -0.160. The van der Waals surface area contributed by atoms with Crippen LogP contribution in [0.25, 0.3) is 0 Å². The highest BCUT2D eigenvalue weighted by atomic mass is 16.5. The Hall–Kier alpha value is -1.14. The van der Waals surface area contributed by atoms with Gasteiger partial charge in [-0.25, -0.2) is 4.79 Å². The minimum Gasteiger partial charge on any atom is -0.468 e. The van der Waals surface area contributed by atoms with E-state index in [1.54, 1.807) is 0 Å². The van der Waals surface area contributed by atoms with Gasteiger partial charge < -0.3 is 19.9 Å². The van der Waals surface area contributed by atoms with Crippen LogP contribution >= 0.6 is 0 Å². The molecule has 0 aliphatic carbocycles. The first-order valence-electron chi connectivity index (χ1n) is 5.86. The van der Waals surface area contributed by atoms with Crippen LogP contribution in [0, 0.1) is 5.92 Å². The molecular formula is C12H23NO5. The molecule has 0 spiro atoms. The molecule has 0 fully saturated rings. The topological polar surface area (TPSA) is 84.9 Å². The molecule has 0 heterocycles. The normalized spacial score (nSPS) is 15.9. The van der Waals surface area contributed by atoms with Crippen molar-refractivity contribution in [1.29, 1.82) is 0 Å². The van der Waals surface area contributed by atoms with E-state index >= 15 is 0 Å². The van der Waals surface area contributed by atoms with Crippen molar-refractivity contribution in [3.63, 3.8) is 0 Å². The average Bonchev–Trinajstić information content (AvgIpc) is 2.31. The summed E-state index contributed by atoms with van der Waals surface area (Å²) < 4.78 is 9.14. The third kappa shape index (κ3) is 5.46. The van der Waals surface area contributed by atoms with Crippen molar-refractivity contribution in [2.75, 3.05) is 20.8 Å². The molecule has 0 aliphatic heterocycles. The summed E-state index contributed by atoms with van der Waals surface area (Å²) in [7, 11) is 2.50. The SMILES string of the molecule is COC(=O)C(CC(C)C)NCC(C)(O)C(=O)OC. The molecule has 6 heteroatoms. The van der Waals surface area contributed by atoms with Gasteiger partial charge in [0, 0.05) is 6.54 Å². The van der Waals surface area contributed by atoms with Gasteiger partial charge in [-0.1, -0.05) is 13.8 Å². The average molecular weight is 261 g/mol. The Morgan fingerprint density at radius 3 is 2.22 bits per heavy atom. The van der Waals surface area contributed by atoms with E-state index < -0.39 is 23.6 Å². The summed E-state index contributed by atoms with van der Waals surface area (Å²) in [6.07, 6.45) is 0.559. The van der Waals surface area contributed by atoms with Crippen LogP contribution in [-0.4, -0.2) is 49.5 Å². The van der Waals surface area contributed by atoms with Crippen LogP contribution < -0.4 is 5.32 Å². The Kier molecular flexibility index (Phi) is 6.86. The summed E-state index contributed by atoms with van der Waals surface area (Å²) in [6.45, 7) is 5.19. The summed E-state index contributed by atoms with van der Waals surface area (Å²) in [5, 5.41) is 12.7. The second-order valence-electron chi connectivity index (χ2n) is 4.85. The Bertz CT molecular complexity index is 288. The minimum absolute atomic E-state index is 0.0772. The lowest BCUT2D eigenvalue weighted by Gasteiger charge is -2.24. The van der Waals surface area contributed by atoms with E-state index in [4.69, 9.17) is 0 Å². The molecule has 0 saturated heterocycles. The molecule has 0 saturated carbocycles. The molecule has 0 aliphatic rings. The Balaban J connectivity index is 4.51. The third-order valence-electron chi connectivity index (χ3n) is 2.51. The van der Waals surface area contributed by atoms with Gasteiger partial charge in [0.15, 0.2) is 5.60 Å². The molecule has 0 bridgehead atoms. The number of ether oxygens (including phenoxy) is 2. The van der Waals surface area contributed by atoms with E-state index in [1.165, 1.54) is 21.1 Å². The van der Waals surface area contributed by atoms with Crippen LogP contribution in [0.1, 0.15) is 27.2 Å². The molecular weight excluding hydrogens is 238 g/mol. The quantitative estimate of drug-likeness (QED) is 0.632. The second kappa shape index (κ2) is 7.33. The number of hydrogen-bond acceptors (Lipinski definition) is 6. The first kappa shape index (κ1) is 16.9. The van der Waals surface area contributed by atoms with Crippen LogP contribution in [0.15, 0.2) is 0 Å². The molecule has 0 radical (unpaired) electrons. The molecule has 0 aromatic carbocycles. The first-order valence-corrected chi connectivity index (χ1v) is 5.86. The van der Waals surface area contributed by atoms with Crippen molar-refractivity contribution in [3.8, 4) is 0 Å². The maximum absolute atomic E-state index is 11.5. The molecule has 18 heavy (non-hydrogen) atoms. The molecule has 0 aromatic rings. The van der Waals surface area contributed by atoms with E-state index in [0.29, 0.717) is 6.42 Å². The van der Waals surface area contributed by atoms with Crippen molar-refractivity contribution in [2.45, 2.75) is 38.8 Å². The summed E-state index contributed by atoms with van der Waals surface area (Å²) >= 11 is 0. The van der Waals surface area contributed by atoms with E-state index in [9.17, 15) is 14.7 Å². The van der Waals surface area contributed by atoms with Gasteiger partial charge in [-0.3, -0.25) is 4.79 Å². The summed E-state index contributed by atoms with van der Waals surface area (Å²) in [5.74, 6) is -0.878. The van der Waals surface area contributed by atoms with Crippen LogP contribution in [0.4, 0.5) is 0 Å². The number of nitrogens with one attached hydrogen (secondary N) is 1. The highest BCUT2D eigenvalue weighted by Crippen LogP contribution is 2.09. The fraction of sp³-hybridized carbons (Fsp3) is 0.833. The fourth-order valence-corrected chi connectivity index (χ4v) is 1.49. The van der Waals surface area contributed by atoms with Crippen molar-refractivity contribution in [2.24, 2.45) is 5.92 Å². The lowest BCUT2D eigenvalue weighted by atomic mass is 10.0. The van der Waals surface area contributed by atoms with E-state index in [-0.39, 0.29) is 12.5 Å². The Morgan fingerprint density at radius 1 is 1.28 bits per heavy atom. The van der Waals surface area contributed by atoms with E-state index in [0.717, 1.165) is 0 Å². The molecule has 0 rings (SSSR count). The predicted molar refractivity (Wildman–Crippen MR) is 65.9 cm³/mol. The highest BCUT2D eigenvalue weighted by molar-refractivity contribution is 5.79. The molecule has 6 nitrogen and oxygen atoms in total. The van der Waals surface area contributed by atoms with Crippen LogP contribution in [0.2, 0.25) is 0 Å². The largest absolute Gasteiger partial charge is 0.468 e. The van der Waals surface area contributed by atoms with Crippen LogP contribution in [0.3, 0.4) is 0 Å². The van der Waals surface area contributed by atoms with E-state index in [1.807, 2.05) is 13.8 Å². The van der Waals surface area contributed by atoms with Gasteiger partial charge in [0.1, 0.15) is 6.04 Å².